The number of carbonyl (C=O) groups excluding carboxylic acids is 1. The molecule has 2 aromatic carbocycles. The number of fused-ring (bicyclic) bond motifs is 1. The number of rotatable bonds is 5. The van der Waals surface area contributed by atoms with Gasteiger partial charge < -0.3 is 14.4 Å². The van der Waals surface area contributed by atoms with Crippen LogP contribution in [0.3, 0.4) is 0 Å². The monoisotopic (exact) mass is 448 g/mol. The lowest BCUT2D eigenvalue weighted by atomic mass is 10.00. The van der Waals surface area contributed by atoms with Crippen molar-refractivity contribution in [3.63, 3.8) is 0 Å². The number of benzene rings is 2. The van der Waals surface area contributed by atoms with E-state index in [4.69, 9.17) is 0 Å². The molecule has 2 aliphatic rings. The minimum absolute atomic E-state index is 0.0935. The van der Waals surface area contributed by atoms with Gasteiger partial charge in [-0.05, 0) is 56.9 Å². The van der Waals surface area contributed by atoms with Crippen molar-refractivity contribution in [2.24, 2.45) is 0 Å². The molecule has 5 nitrogen and oxygen atoms in total. The number of amides is 1. The molecule has 2 heterocycles. The largest absolute Gasteiger partial charge is 0.339 e. The van der Waals surface area contributed by atoms with Crippen molar-refractivity contribution in [3.05, 3.63) is 65.2 Å². The van der Waals surface area contributed by atoms with E-state index in [0.717, 1.165) is 48.8 Å². The Morgan fingerprint density at radius 3 is 2.55 bits per heavy atom. The Hall–Kier alpha value is -2.73. The Morgan fingerprint density at radius 1 is 1.09 bits per heavy atom. The Kier molecular flexibility index (Phi) is 6.19. The molecule has 1 amide bonds. The second-order valence-electron chi connectivity index (χ2n) is 9.66. The molecule has 1 aliphatic carbocycles. The lowest BCUT2D eigenvalue weighted by Crippen LogP contribution is -2.48. The van der Waals surface area contributed by atoms with E-state index >= 15 is 4.39 Å². The maximum absolute atomic E-state index is 15.1. The number of hydrogen-bond acceptors (Lipinski definition) is 3. The Morgan fingerprint density at radius 2 is 1.82 bits per heavy atom. The highest BCUT2D eigenvalue weighted by Crippen LogP contribution is 2.28. The molecule has 1 saturated carbocycles. The van der Waals surface area contributed by atoms with Gasteiger partial charge in [0, 0.05) is 43.3 Å². The average molecular weight is 449 g/mol. The van der Waals surface area contributed by atoms with Crippen LogP contribution in [0, 0.1) is 12.7 Å². The third-order valence-corrected chi connectivity index (χ3v) is 7.68. The van der Waals surface area contributed by atoms with Gasteiger partial charge in [0.25, 0.3) is 5.91 Å². The molecule has 0 radical (unpaired) electrons. The van der Waals surface area contributed by atoms with Crippen LogP contribution in [0.5, 0.6) is 0 Å². The van der Waals surface area contributed by atoms with Crippen molar-refractivity contribution in [1.82, 2.24) is 19.4 Å². The molecule has 5 rings (SSSR count). The first kappa shape index (κ1) is 22.1. The SMILES string of the molecule is Cc1nc2ccccc2n1Cc1ccc(C(=O)N(C)C2CCN(C3CCCC3)CC2)cc1F. The van der Waals surface area contributed by atoms with Gasteiger partial charge in [0.1, 0.15) is 11.6 Å². The lowest BCUT2D eigenvalue weighted by molar-refractivity contribution is 0.0598. The number of para-hydroxylation sites is 2. The van der Waals surface area contributed by atoms with E-state index in [1.165, 1.54) is 31.7 Å². The maximum atomic E-state index is 15.1. The summed E-state index contributed by atoms with van der Waals surface area (Å²) in [4.78, 5) is 22.1. The van der Waals surface area contributed by atoms with Crippen LogP contribution in [0.25, 0.3) is 11.0 Å². The third-order valence-electron chi connectivity index (χ3n) is 7.68. The molecular formula is C27H33FN4O. The summed E-state index contributed by atoms with van der Waals surface area (Å²) in [5.74, 6) is 0.408. The molecule has 2 fully saturated rings. The minimum atomic E-state index is -0.345. The highest BCUT2D eigenvalue weighted by atomic mass is 19.1. The molecule has 0 bridgehead atoms. The van der Waals surface area contributed by atoms with Crippen molar-refractivity contribution in [2.75, 3.05) is 20.1 Å². The van der Waals surface area contributed by atoms with Crippen LogP contribution < -0.4 is 0 Å². The van der Waals surface area contributed by atoms with Gasteiger partial charge in [0.05, 0.1) is 17.6 Å². The van der Waals surface area contributed by atoms with E-state index < -0.39 is 0 Å². The summed E-state index contributed by atoms with van der Waals surface area (Å²) in [6.07, 6.45) is 7.32. The summed E-state index contributed by atoms with van der Waals surface area (Å²) < 4.78 is 17.1. The van der Waals surface area contributed by atoms with Crippen LogP contribution in [0.4, 0.5) is 4.39 Å². The number of carbonyl (C=O) groups is 1. The summed E-state index contributed by atoms with van der Waals surface area (Å²) >= 11 is 0. The fraction of sp³-hybridized carbons (Fsp3) is 0.481. The van der Waals surface area contributed by atoms with Gasteiger partial charge in [0.2, 0.25) is 0 Å². The van der Waals surface area contributed by atoms with Gasteiger partial charge in [-0.3, -0.25) is 4.79 Å². The third kappa shape index (κ3) is 4.41. The summed E-state index contributed by atoms with van der Waals surface area (Å²) in [6, 6.07) is 13.7. The molecule has 3 aromatic rings. The zero-order chi connectivity index (χ0) is 22.9. The molecule has 1 saturated heterocycles. The molecule has 1 aliphatic heterocycles. The first-order valence-electron chi connectivity index (χ1n) is 12.2. The van der Waals surface area contributed by atoms with Crippen molar-refractivity contribution in [1.29, 1.82) is 0 Å². The van der Waals surface area contributed by atoms with Crippen molar-refractivity contribution in [3.8, 4) is 0 Å². The Balaban J connectivity index is 1.26. The minimum Gasteiger partial charge on any atom is -0.339 e. The number of aryl methyl sites for hydroxylation is 1. The Labute approximate surface area is 195 Å². The molecular weight excluding hydrogens is 415 g/mol. The molecule has 6 heteroatoms. The number of likely N-dealkylation sites (tertiary alicyclic amines) is 1. The number of nitrogens with zero attached hydrogens (tertiary/aromatic N) is 4. The molecule has 0 atom stereocenters. The van der Waals surface area contributed by atoms with Gasteiger partial charge in [-0.2, -0.15) is 0 Å². The molecule has 0 unspecified atom stereocenters. The molecule has 174 valence electrons. The molecule has 0 spiro atoms. The summed E-state index contributed by atoms with van der Waals surface area (Å²) in [7, 11) is 1.87. The van der Waals surface area contributed by atoms with Gasteiger partial charge >= 0.3 is 0 Å². The molecule has 1 aromatic heterocycles. The zero-order valence-electron chi connectivity index (χ0n) is 19.6. The Bertz CT molecular complexity index is 1140. The first-order valence-corrected chi connectivity index (χ1v) is 12.2. The number of halogens is 1. The smallest absolute Gasteiger partial charge is 0.253 e. The van der Waals surface area contributed by atoms with Crippen molar-refractivity contribution < 1.29 is 9.18 Å². The van der Waals surface area contributed by atoms with E-state index in [0.29, 0.717) is 17.7 Å². The standard InChI is InChI=1S/C27H33FN4O/c1-19-29-25-9-5-6-10-26(25)32(19)18-21-12-11-20(17-24(21)28)27(33)30(2)22-13-15-31(16-14-22)23-7-3-4-8-23/h5-6,9-12,17,22-23H,3-4,7-8,13-16,18H2,1-2H3. The number of hydrogen-bond donors (Lipinski definition) is 0. The lowest BCUT2D eigenvalue weighted by Gasteiger charge is -2.39. The number of piperidine rings is 1. The van der Waals surface area contributed by atoms with E-state index in [1.54, 1.807) is 12.1 Å². The number of imidazole rings is 1. The van der Waals surface area contributed by atoms with Crippen molar-refractivity contribution in [2.45, 2.75) is 64.1 Å². The van der Waals surface area contributed by atoms with Crippen LogP contribution in [-0.2, 0) is 6.54 Å². The predicted molar refractivity (Wildman–Crippen MR) is 129 cm³/mol. The van der Waals surface area contributed by atoms with Gasteiger partial charge in [-0.1, -0.05) is 31.0 Å². The quantitative estimate of drug-likeness (QED) is 0.551. The summed E-state index contributed by atoms with van der Waals surface area (Å²) in [5.41, 5.74) is 2.87. The number of aromatic nitrogens is 2. The normalized spacial score (nSPS) is 18.3. The average Bonchev–Trinajstić information content (AvgIpc) is 3.48. The second kappa shape index (κ2) is 9.26. The van der Waals surface area contributed by atoms with E-state index in [2.05, 4.69) is 9.88 Å². The molecule has 0 N–H and O–H groups in total. The van der Waals surface area contributed by atoms with Crippen LogP contribution in [0.2, 0.25) is 0 Å². The van der Waals surface area contributed by atoms with Gasteiger partial charge in [0.15, 0.2) is 0 Å². The van der Waals surface area contributed by atoms with Crippen LogP contribution in [-0.4, -0.2) is 57.5 Å². The maximum Gasteiger partial charge on any atom is 0.253 e. The highest BCUT2D eigenvalue weighted by Gasteiger charge is 2.30. The van der Waals surface area contributed by atoms with Crippen LogP contribution in [0.15, 0.2) is 42.5 Å². The van der Waals surface area contributed by atoms with Gasteiger partial charge in [-0.15, -0.1) is 0 Å². The summed E-state index contributed by atoms with van der Waals surface area (Å²) in [6.45, 7) is 4.43. The van der Waals surface area contributed by atoms with E-state index in [1.807, 2.05) is 47.7 Å². The van der Waals surface area contributed by atoms with Crippen LogP contribution >= 0.6 is 0 Å². The fourth-order valence-electron chi connectivity index (χ4n) is 5.65. The fourth-order valence-corrected chi connectivity index (χ4v) is 5.65. The van der Waals surface area contributed by atoms with Gasteiger partial charge in [-0.25, -0.2) is 9.37 Å². The van der Waals surface area contributed by atoms with Crippen LogP contribution in [0.1, 0.15) is 60.3 Å². The topological polar surface area (TPSA) is 41.4 Å². The predicted octanol–water partition coefficient (Wildman–Crippen LogP) is 5.01. The first-order chi connectivity index (χ1) is 16.0. The van der Waals surface area contributed by atoms with E-state index in [9.17, 15) is 4.79 Å². The molecule has 33 heavy (non-hydrogen) atoms. The van der Waals surface area contributed by atoms with E-state index in [-0.39, 0.29) is 17.8 Å². The summed E-state index contributed by atoms with van der Waals surface area (Å²) in [5, 5.41) is 0. The second-order valence-corrected chi connectivity index (χ2v) is 9.66. The zero-order valence-corrected chi connectivity index (χ0v) is 19.6. The highest BCUT2D eigenvalue weighted by molar-refractivity contribution is 5.94. The van der Waals surface area contributed by atoms with Crippen molar-refractivity contribution >= 4 is 16.9 Å².